The molecule has 2 aromatic rings. The van der Waals surface area contributed by atoms with E-state index in [2.05, 4.69) is 50.2 Å². The number of thiophene rings is 1. The van der Waals surface area contributed by atoms with Crippen molar-refractivity contribution < 1.29 is 4.79 Å². The molecule has 2 aromatic heterocycles. The van der Waals surface area contributed by atoms with E-state index in [1.807, 2.05) is 22.1 Å². The number of hydrogen-bond donors (Lipinski definition) is 0. The highest BCUT2D eigenvalue weighted by Gasteiger charge is 2.11. The highest BCUT2D eigenvalue weighted by atomic mass is 127. The van der Waals surface area contributed by atoms with Crippen molar-refractivity contribution in [1.29, 1.82) is 0 Å². The monoisotopic (exact) mass is 444 g/mol. The Bertz CT molecular complexity index is 478. The molecule has 0 N–H and O–H groups in total. The van der Waals surface area contributed by atoms with Gasteiger partial charge in [0.05, 0.1) is 17.7 Å². The van der Waals surface area contributed by atoms with Crippen LogP contribution in [0.5, 0.6) is 0 Å². The van der Waals surface area contributed by atoms with Crippen LogP contribution >= 0.6 is 56.5 Å². The van der Waals surface area contributed by atoms with Crippen molar-refractivity contribution >= 4 is 62.3 Å². The third-order valence-corrected chi connectivity index (χ3v) is 5.71. The van der Waals surface area contributed by atoms with Crippen LogP contribution in [0.25, 0.3) is 0 Å². The van der Waals surface area contributed by atoms with Crippen molar-refractivity contribution in [2.75, 3.05) is 0 Å². The van der Waals surface area contributed by atoms with E-state index in [9.17, 15) is 4.79 Å². The lowest BCUT2D eigenvalue weighted by Crippen LogP contribution is -2.09. The van der Waals surface area contributed by atoms with Gasteiger partial charge in [0.1, 0.15) is 7.40 Å². The summed E-state index contributed by atoms with van der Waals surface area (Å²) in [5.41, 5.74) is 0. The highest BCUT2D eigenvalue weighted by Crippen LogP contribution is 2.15. The Morgan fingerprint density at radius 3 is 2.87 bits per heavy atom. The molecular weight excluding hydrogens is 438 g/mol. The van der Waals surface area contributed by atoms with Gasteiger partial charge in [-0.2, -0.15) is 0 Å². The number of nitrogens with zero attached hydrogens (tertiary/aromatic N) is 2. The number of ketones is 1. The highest BCUT2D eigenvalue weighted by molar-refractivity contribution is 14.1. The molecule has 0 aliphatic rings. The lowest BCUT2D eigenvalue weighted by atomic mass is 10.3. The average Bonchev–Trinajstić information content (AvgIpc) is 2.83. The molecule has 2 rings (SSSR count). The summed E-state index contributed by atoms with van der Waals surface area (Å²) in [5.74, 6) is 0.136. The molecule has 0 atom stereocenters. The Morgan fingerprint density at radius 2 is 2.33 bits per heavy atom. The first kappa shape index (κ1) is 11.5. The summed E-state index contributed by atoms with van der Waals surface area (Å²) in [4.78, 5) is 16.7. The van der Waals surface area contributed by atoms with Crippen molar-refractivity contribution in [3.05, 3.63) is 36.1 Å². The van der Waals surface area contributed by atoms with Crippen LogP contribution in [0.4, 0.5) is 0 Å². The molecule has 0 saturated carbocycles. The summed E-state index contributed by atoms with van der Waals surface area (Å²) >= 11 is 5.83. The standard InChI is InChI=1S/C9H6I2N2OS/c10-8-9(11)13(5-12-8)4-6(14)7-2-1-3-15-7/h1-3,5H,4H2. The Kier molecular flexibility index (Phi) is 3.78. The second-order valence-corrected chi connectivity index (χ2v) is 5.85. The zero-order chi connectivity index (χ0) is 10.8. The fraction of sp³-hybridized carbons (Fsp3) is 0.111. The Balaban J connectivity index is 2.16. The minimum Gasteiger partial charge on any atom is -0.317 e. The molecule has 0 radical (unpaired) electrons. The molecule has 0 saturated heterocycles. The molecule has 15 heavy (non-hydrogen) atoms. The quantitative estimate of drug-likeness (QED) is 0.540. The molecule has 3 nitrogen and oxygen atoms in total. The van der Waals surface area contributed by atoms with E-state index in [1.54, 1.807) is 6.33 Å². The lowest BCUT2D eigenvalue weighted by Gasteiger charge is -2.01. The molecule has 2 heterocycles. The van der Waals surface area contributed by atoms with Gasteiger partial charge < -0.3 is 4.57 Å². The molecule has 6 heteroatoms. The minimum absolute atomic E-state index is 0.136. The maximum absolute atomic E-state index is 11.8. The predicted molar refractivity (Wildman–Crippen MR) is 76.3 cm³/mol. The summed E-state index contributed by atoms with van der Waals surface area (Å²) < 4.78 is 3.81. The van der Waals surface area contributed by atoms with Crippen LogP contribution in [-0.2, 0) is 6.54 Å². The van der Waals surface area contributed by atoms with Crippen molar-refractivity contribution in [3.8, 4) is 0 Å². The Hall–Kier alpha value is 0.0400. The van der Waals surface area contributed by atoms with Gasteiger partial charge in [0.25, 0.3) is 0 Å². The second-order valence-electron chi connectivity index (χ2n) is 2.85. The molecule has 0 spiro atoms. The lowest BCUT2D eigenvalue weighted by molar-refractivity contribution is 0.0975. The van der Waals surface area contributed by atoms with Crippen LogP contribution in [0, 0.1) is 7.40 Å². The molecule has 0 fully saturated rings. The number of carbonyl (C=O) groups excluding carboxylic acids is 1. The van der Waals surface area contributed by atoms with E-state index in [0.29, 0.717) is 6.54 Å². The summed E-state index contributed by atoms with van der Waals surface area (Å²) in [6.07, 6.45) is 1.70. The summed E-state index contributed by atoms with van der Waals surface area (Å²) in [6.45, 7) is 0.370. The third kappa shape index (κ3) is 2.59. The molecule has 0 amide bonds. The number of hydrogen-bond acceptors (Lipinski definition) is 3. The van der Waals surface area contributed by atoms with Crippen LogP contribution in [-0.4, -0.2) is 15.3 Å². The number of carbonyl (C=O) groups is 1. The van der Waals surface area contributed by atoms with Crippen LogP contribution in [0.3, 0.4) is 0 Å². The number of imidazole rings is 1. The van der Waals surface area contributed by atoms with Crippen LogP contribution in [0.15, 0.2) is 23.8 Å². The van der Waals surface area contributed by atoms with Crippen molar-refractivity contribution in [3.63, 3.8) is 0 Å². The van der Waals surface area contributed by atoms with E-state index in [-0.39, 0.29) is 5.78 Å². The molecular formula is C9H6I2N2OS. The fourth-order valence-corrected chi connectivity index (χ4v) is 2.65. The van der Waals surface area contributed by atoms with Crippen LogP contribution in [0.1, 0.15) is 9.67 Å². The predicted octanol–water partition coefficient (Wildman–Crippen LogP) is 3.04. The molecule has 0 bridgehead atoms. The van der Waals surface area contributed by atoms with Crippen LogP contribution < -0.4 is 0 Å². The zero-order valence-electron chi connectivity index (χ0n) is 7.48. The largest absolute Gasteiger partial charge is 0.317 e. The first-order valence-corrected chi connectivity index (χ1v) is 7.15. The van der Waals surface area contributed by atoms with Gasteiger partial charge in [-0.05, 0) is 56.6 Å². The summed E-state index contributed by atoms with van der Waals surface area (Å²) in [7, 11) is 0. The van der Waals surface area contributed by atoms with Gasteiger partial charge in [0.15, 0.2) is 5.78 Å². The van der Waals surface area contributed by atoms with Crippen molar-refractivity contribution in [2.45, 2.75) is 6.54 Å². The summed E-state index contributed by atoms with van der Waals surface area (Å²) in [6, 6.07) is 3.74. The zero-order valence-corrected chi connectivity index (χ0v) is 12.6. The first-order chi connectivity index (χ1) is 7.18. The van der Waals surface area contributed by atoms with E-state index in [0.717, 1.165) is 12.3 Å². The molecule has 0 aromatic carbocycles. The smallest absolute Gasteiger partial charge is 0.192 e. The van der Waals surface area contributed by atoms with Gasteiger partial charge in [-0.3, -0.25) is 4.79 Å². The first-order valence-electron chi connectivity index (χ1n) is 4.11. The van der Waals surface area contributed by atoms with Gasteiger partial charge >= 0.3 is 0 Å². The van der Waals surface area contributed by atoms with Gasteiger partial charge in [-0.25, -0.2) is 4.98 Å². The maximum Gasteiger partial charge on any atom is 0.192 e. The SMILES string of the molecule is O=C(Cn1cnc(I)c1I)c1cccs1. The third-order valence-electron chi connectivity index (χ3n) is 1.84. The van der Waals surface area contributed by atoms with Gasteiger partial charge in [0, 0.05) is 0 Å². The van der Waals surface area contributed by atoms with Gasteiger partial charge in [-0.1, -0.05) is 6.07 Å². The molecule has 0 aliphatic carbocycles. The van der Waals surface area contributed by atoms with Crippen LogP contribution in [0.2, 0.25) is 0 Å². The number of halogens is 2. The fourth-order valence-electron chi connectivity index (χ4n) is 1.12. The van der Waals surface area contributed by atoms with Gasteiger partial charge in [-0.15, -0.1) is 11.3 Å². The van der Waals surface area contributed by atoms with E-state index in [4.69, 9.17) is 0 Å². The van der Waals surface area contributed by atoms with Crippen molar-refractivity contribution in [2.24, 2.45) is 0 Å². The average molecular weight is 444 g/mol. The Morgan fingerprint density at radius 1 is 1.53 bits per heavy atom. The number of Topliss-reactive ketones (excluding diaryl/α,β-unsaturated/α-hetero) is 1. The van der Waals surface area contributed by atoms with E-state index < -0.39 is 0 Å². The van der Waals surface area contributed by atoms with Gasteiger partial charge in [0.2, 0.25) is 0 Å². The molecule has 0 unspecified atom stereocenters. The number of aromatic nitrogens is 2. The Labute approximate surface area is 118 Å². The van der Waals surface area contributed by atoms with Crippen molar-refractivity contribution in [1.82, 2.24) is 9.55 Å². The van der Waals surface area contributed by atoms with E-state index >= 15 is 0 Å². The summed E-state index contributed by atoms with van der Waals surface area (Å²) in [5, 5.41) is 1.91. The second kappa shape index (κ2) is 4.91. The number of rotatable bonds is 3. The molecule has 78 valence electrons. The maximum atomic E-state index is 11.8. The normalized spacial score (nSPS) is 10.5. The topological polar surface area (TPSA) is 34.9 Å². The van der Waals surface area contributed by atoms with E-state index in [1.165, 1.54) is 11.3 Å². The molecule has 0 aliphatic heterocycles. The minimum atomic E-state index is 0.136.